The van der Waals surface area contributed by atoms with E-state index in [2.05, 4.69) is 10.5 Å². The Hall–Kier alpha value is -2.15. The third-order valence-corrected chi connectivity index (χ3v) is 2.40. The molecule has 18 heavy (non-hydrogen) atoms. The Morgan fingerprint density at radius 3 is 2.72 bits per heavy atom. The van der Waals surface area contributed by atoms with Gasteiger partial charge in [0, 0.05) is 12.1 Å². The largest absolute Gasteiger partial charge is 0.409 e. The Labute approximate surface area is 103 Å². The molecule has 7 heteroatoms. The van der Waals surface area contributed by atoms with Crippen molar-refractivity contribution >= 4 is 11.7 Å². The second kappa shape index (κ2) is 5.97. The zero-order valence-electron chi connectivity index (χ0n) is 9.85. The van der Waals surface area contributed by atoms with Crippen LogP contribution in [0.2, 0.25) is 0 Å². The summed E-state index contributed by atoms with van der Waals surface area (Å²) >= 11 is 0. The lowest BCUT2D eigenvalue weighted by atomic mass is 10.1. The molecule has 1 atom stereocenters. The van der Waals surface area contributed by atoms with Gasteiger partial charge in [0.25, 0.3) is 0 Å². The van der Waals surface area contributed by atoms with Crippen LogP contribution in [0.4, 0.5) is 4.39 Å². The summed E-state index contributed by atoms with van der Waals surface area (Å²) in [7, 11) is 0. The fourth-order valence-electron chi connectivity index (χ4n) is 1.33. The molecule has 6 N–H and O–H groups in total. The number of primary amides is 1. The van der Waals surface area contributed by atoms with Crippen molar-refractivity contribution in [1.82, 2.24) is 5.32 Å². The summed E-state index contributed by atoms with van der Waals surface area (Å²) in [6.07, 6.45) is 0. The number of hydrogen-bond acceptors (Lipinski definition) is 4. The van der Waals surface area contributed by atoms with E-state index in [1.165, 1.54) is 6.07 Å². The van der Waals surface area contributed by atoms with Crippen LogP contribution in [0.25, 0.3) is 0 Å². The first-order valence-corrected chi connectivity index (χ1v) is 5.24. The monoisotopic (exact) mass is 254 g/mol. The number of amides is 1. The van der Waals surface area contributed by atoms with Gasteiger partial charge in [-0.15, -0.1) is 0 Å². The predicted molar refractivity (Wildman–Crippen MR) is 64.4 cm³/mol. The number of oxime groups is 1. The molecule has 0 spiro atoms. The van der Waals surface area contributed by atoms with Crippen molar-refractivity contribution in [2.75, 3.05) is 0 Å². The van der Waals surface area contributed by atoms with Gasteiger partial charge in [0.1, 0.15) is 5.82 Å². The zero-order valence-corrected chi connectivity index (χ0v) is 9.85. The fourth-order valence-corrected chi connectivity index (χ4v) is 1.33. The van der Waals surface area contributed by atoms with Crippen molar-refractivity contribution in [3.8, 4) is 0 Å². The molecule has 0 bridgehead atoms. The molecule has 0 saturated heterocycles. The Morgan fingerprint density at radius 1 is 1.50 bits per heavy atom. The number of nitrogens with two attached hydrogens (primary N) is 2. The first-order chi connectivity index (χ1) is 8.43. The standard InChI is InChI=1S/C11H15FN4O2/c1-6(11(14)17)15-5-7-2-8(10(13)16-18)4-9(12)3-7/h2-4,6,15,18H,5H2,1H3,(H2,13,16)(H2,14,17). The summed E-state index contributed by atoms with van der Waals surface area (Å²) in [6.45, 7) is 1.85. The van der Waals surface area contributed by atoms with Gasteiger partial charge in [-0.05, 0) is 30.7 Å². The molecule has 0 aliphatic heterocycles. The number of amidine groups is 1. The molecule has 1 amide bonds. The number of hydrogen-bond donors (Lipinski definition) is 4. The number of rotatable bonds is 5. The average molecular weight is 254 g/mol. The molecule has 1 aromatic rings. The third-order valence-electron chi connectivity index (χ3n) is 2.40. The van der Waals surface area contributed by atoms with Gasteiger partial charge in [0.2, 0.25) is 5.91 Å². The Balaban J connectivity index is 2.84. The molecule has 0 aliphatic carbocycles. The van der Waals surface area contributed by atoms with Crippen molar-refractivity contribution in [3.05, 3.63) is 35.1 Å². The highest BCUT2D eigenvalue weighted by Gasteiger charge is 2.09. The van der Waals surface area contributed by atoms with Crippen molar-refractivity contribution in [2.24, 2.45) is 16.6 Å². The number of carbonyl (C=O) groups is 1. The second-order valence-corrected chi connectivity index (χ2v) is 3.84. The van der Waals surface area contributed by atoms with Gasteiger partial charge in [-0.2, -0.15) is 0 Å². The molecule has 0 radical (unpaired) electrons. The summed E-state index contributed by atoms with van der Waals surface area (Å²) in [5, 5.41) is 14.1. The topological polar surface area (TPSA) is 114 Å². The fraction of sp³-hybridized carbons (Fsp3) is 0.273. The minimum Gasteiger partial charge on any atom is -0.409 e. The molecule has 1 aromatic carbocycles. The predicted octanol–water partition coefficient (Wildman–Crippen LogP) is -0.116. The first kappa shape index (κ1) is 13.9. The van der Waals surface area contributed by atoms with Crippen LogP contribution in [0.3, 0.4) is 0 Å². The second-order valence-electron chi connectivity index (χ2n) is 3.84. The molecule has 0 saturated carbocycles. The van der Waals surface area contributed by atoms with Crippen molar-refractivity contribution in [2.45, 2.75) is 19.5 Å². The average Bonchev–Trinajstić information content (AvgIpc) is 2.34. The van der Waals surface area contributed by atoms with Crippen LogP contribution in [0.5, 0.6) is 0 Å². The third kappa shape index (κ3) is 3.70. The van der Waals surface area contributed by atoms with Gasteiger partial charge in [-0.25, -0.2) is 4.39 Å². The summed E-state index contributed by atoms with van der Waals surface area (Å²) in [4.78, 5) is 10.8. The van der Waals surface area contributed by atoms with Gasteiger partial charge in [-0.1, -0.05) is 5.16 Å². The summed E-state index contributed by atoms with van der Waals surface area (Å²) < 4.78 is 13.3. The van der Waals surface area contributed by atoms with Crippen molar-refractivity contribution in [1.29, 1.82) is 0 Å². The van der Waals surface area contributed by atoms with Crippen molar-refractivity contribution < 1.29 is 14.4 Å². The van der Waals surface area contributed by atoms with Crippen LogP contribution < -0.4 is 16.8 Å². The summed E-state index contributed by atoms with van der Waals surface area (Å²) in [5.41, 5.74) is 11.3. The van der Waals surface area contributed by atoms with E-state index in [1.54, 1.807) is 13.0 Å². The maximum absolute atomic E-state index is 13.3. The van der Waals surface area contributed by atoms with Crippen LogP contribution in [0, 0.1) is 5.82 Å². The van der Waals surface area contributed by atoms with E-state index < -0.39 is 17.8 Å². The maximum atomic E-state index is 13.3. The van der Waals surface area contributed by atoms with Gasteiger partial charge < -0.3 is 22.0 Å². The van der Waals surface area contributed by atoms with E-state index in [-0.39, 0.29) is 17.9 Å². The Morgan fingerprint density at radius 2 is 2.17 bits per heavy atom. The Bertz CT molecular complexity index is 476. The van der Waals surface area contributed by atoms with Crippen LogP contribution in [0.1, 0.15) is 18.1 Å². The highest BCUT2D eigenvalue weighted by Crippen LogP contribution is 2.09. The zero-order chi connectivity index (χ0) is 13.7. The van der Waals surface area contributed by atoms with Gasteiger partial charge in [0.05, 0.1) is 6.04 Å². The molecule has 6 nitrogen and oxygen atoms in total. The first-order valence-electron chi connectivity index (χ1n) is 5.24. The van der Waals surface area contributed by atoms with E-state index in [0.29, 0.717) is 5.56 Å². The highest BCUT2D eigenvalue weighted by molar-refractivity contribution is 5.97. The molecular formula is C11H15FN4O2. The lowest BCUT2D eigenvalue weighted by Crippen LogP contribution is -2.38. The quantitative estimate of drug-likeness (QED) is 0.254. The number of halogens is 1. The minimum absolute atomic E-state index is 0.182. The number of nitrogens with zero attached hydrogens (tertiary/aromatic N) is 1. The van der Waals surface area contributed by atoms with Gasteiger partial charge in [-0.3, -0.25) is 4.79 Å². The van der Waals surface area contributed by atoms with E-state index in [0.717, 1.165) is 6.07 Å². The summed E-state index contributed by atoms with van der Waals surface area (Å²) in [5.74, 6) is -1.19. The maximum Gasteiger partial charge on any atom is 0.234 e. The van der Waals surface area contributed by atoms with E-state index in [1.807, 2.05) is 0 Å². The smallest absolute Gasteiger partial charge is 0.234 e. The minimum atomic E-state index is -0.527. The normalized spacial score (nSPS) is 13.3. The lowest BCUT2D eigenvalue weighted by molar-refractivity contribution is -0.119. The SMILES string of the molecule is CC(NCc1cc(F)cc(/C(N)=N/O)c1)C(N)=O. The van der Waals surface area contributed by atoms with Crippen LogP contribution >= 0.6 is 0 Å². The van der Waals surface area contributed by atoms with Crippen LogP contribution in [-0.4, -0.2) is 23.0 Å². The molecule has 0 heterocycles. The molecule has 0 aromatic heterocycles. The molecule has 0 aliphatic rings. The molecule has 1 rings (SSSR count). The lowest BCUT2D eigenvalue weighted by Gasteiger charge is -2.11. The van der Waals surface area contributed by atoms with Gasteiger partial charge in [0.15, 0.2) is 5.84 Å². The summed E-state index contributed by atoms with van der Waals surface area (Å²) in [6, 6.07) is 3.46. The molecular weight excluding hydrogens is 239 g/mol. The number of nitrogens with one attached hydrogen (secondary N) is 1. The van der Waals surface area contributed by atoms with Gasteiger partial charge >= 0.3 is 0 Å². The van der Waals surface area contributed by atoms with E-state index in [4.69, 9.17) is 16.7 Å². The molecule has 98 valence electrons. The molecule has 1 unspecified atom stereocenters. The van der Waals surface area contributed by atoms with Crippen molar-refractivity contribution in [3.63, 3.8) is 0 Å². The van der Waals surface area contributed by atoms with Crippen LogP contribution in [-0.2, 0) is 11.3 Å². The van der Waals surface area contributed by atoms with E-state index in [9.17, 15) is 9.18 Å². The van der Waals surface area contributed by atoms with E-state index >= 15 is 0 Å². The number of carbonyl (C=O) groups excluding carboxylic acids is 1. The molecule has 0 fully saturated rings. The van der Waals surface area contributed by atoms with Crippen LogP contribution in [0.15, 0.2) is 23.4 Å². The number of benzene rings is 1. The highest BCUT2D eigenvalue weighted by atomic mass is 19.1. The Kier molecular flexibility index (Phi) is 4.61.